The number of benzene rings is 1. The molecular weight excluding hydrogens is 395 g/mol. The molecule has 4 rings (SSSR count). The number of nitriles is 1. The van der Waals surface area contributed by atoms with E-state index in [2.05, 4.69) is 20.1 Å². The molecule has 1 aromatic carbocycles. The van der Waals surface area contributed by atoms with Gasteiger partial charge in [-0.05, 0) is 12.1 Å². The molecule has 2 atom stereocenters. The molecule has 2 aromatic heterocycles. The maximum Gasteiger partial charge on any atom is 0.265 e. The zero-order chi connectivity index (χ0) is 19.2. The van der Waals surface area contributed by atoms with E-state index in [-0.39, 0.29) is 17.1 Å². The molecule has 0 bridgehead atoms. The van der Waals surface area contributed by atoms with Gasteiger partial charge in [-0.25, -0.2) is 12.8 Å². The third-order valence-electron chi connectivity index (χ3n) is 4.49. The van der Waals surface area contributed by atoms with Crippen molar-refractivity contribution in [3.8, 4) is 6.07 Å². The fourth-order valence-corrected chi connectivity index (χ4v) is 4.39. The van der Waals surface area contributed by atoms with Gasteiger partial charge < -0.3 is 10.3 Å². The van der Waals surface area contributed by atoms with Gasteiger partial charge in [0.05, 0.1) is 34.0 Å². The van der Waals surface area contributed by atoms with E-state index in [4.69, 9.17) is 16.9 Å². The molecule has 1 aliphatic rings. The second kappa shape index (κ2) is 6.53. The van der Waals surface area contributed by atoms with Crippen LogP contribution in [0.25, 0.3) is 10.9 Å². The molecule has 0 unspecified atom stereocenters. The van der Waals surface area contributed by atoms with Crippen LogP contribution in [-0.2, 0) is 10.0 Å². The van der Waals surface area contributed by atoms with Crippen molar-refractivity contribution in [2.45, 2.75) is 17.1 Å². The first-order valence-corrected chi connectivity index (χ1v) is 9.88. The van der Waals surface area contributed by atoms with Crippen LogP contribution >= 0.6 is 11.6 Å². The van der Waals surface area contributed by atoms with Crippen molar-refractivity contribution in [3.05, 3.63) is 41.3 Å². The number of H-pyrrole nitrogens is 1. The van der Waals surface area contributed by atoms with E-state index < -0.39 is 22.2 Å². The first kappa shape index (κ1) is 17.8. The van der Waals surface area contributed by atoms with Crippen LogP contribution in [0.5, 0.6) is 0 Å². The number of nitrogens with one attached hydrogen (secondary N) is 3. The van der Waals surface area contributed by atoms with E-state index in [0.717, 1.165) is 0 Å². The predicted molar refractivity (Wildman–Crippen MR) is 97.9 cm³/mol. The Kier molecular flexibility index (Phi) is 4.30. The third-order valence-corrected chi connectivity index (χ3v) is 6.12. The van der Waals surface area contributed by atoms with E-state index in [9.17, 15) is 12.8 Å². The lowest BCUT2D eigenvalue weighted by Crippen LogP contribution is -2.19. The highest BCUT2D eigenvalue weighted by Crippen LogP contribution is 2.33. The number of nitrogens with zero attached hydrogens (tertiary/aromatic N) is 3. The first-order chi connectivity index (χ1) is 12.9. The van der Waals surface area contributed by atoms with Gasteiger partial charge in [-0.1, -0.05) is 11.6 Å². The lowest BCUT2D eigenvalue weighted by Gasteiger charge is -2.11. The lowest BCUT2D eigenvalue weighted by atomic mass is 10.1. The summed E-state index contributed by atoms with van der Waals surface area (Å²) >= 11 is 6.13. The number of fused-ring (bicyclic) bond motifs is 1. The number of rotatable bonds is 4. The zero-order valence-electron chi connectivity index (χ0n) is 13.8. The van der Waals surface area contributed by atoms with Gasteiger partial charge in [-0.2, -0.15) is 10.4 Å². The Labute approximate surface area is 159 Å². The molecule has 3 N–H and O–H groups in total. The minimum Gasteiger partial charge on any atom is -0.358 e. The first-order valence-electron chi connectivity index (χ1n) is 8.02. The summed E-state index contributed by atoms with van der Waals surface area (Å²) in [7, 11) is -3.96. The number of hydrogen-bond donors (Lipinski definition) is 3. The standard InChI is InChI=1S/C16H14ClFN6O2S/c17-11-1-2-13(16-15(11)9(3-19)4-21-16)23-27(25,26)10-5-22-24(8-10)14-7-20-6-12(14)18/h1-2,4-5,8,12,14,20-21,23H,6-7H2/t12-,14+/m1/s1. The molecule has 0 saturated carbocycles. The average molecular weight is 409 g/mol. The minimum atomic E-state index is -3.96. The number of aromatic amines is 1. The fourth-order valence-electron chi connectivity index (χ4n) is 3.12. The van der Waals surface area contributed by atoms with Crippen LogP contribution < -0.4 is 10.0 Å². The van der Waals surface area contributed by atoms with Crippen LogP contribution in [0.15, 0.2) is 35.6 Å². The number of anilines is 1. The summed E-state index contributed by atoms with van der Waals surface area (Å²) in [6.07, 6.45) is 2.80. The molecule has 0 spiro atoms. The molecule has 0 aliphatic carbocycles. The van der Waals surface area contributed by atoms with Crippen LogP contribution in [-0.4, -0.2) is 42.4 Å². The number of halogens is 2. The molecule has 0 amide bonds. The van der Waals surface area contributed by atoms with E-state index in [0.29, 0.717) is 28.0 Å². The highest BCUT2D eigenvalue weighted by atomic mass is 35.5. The van der Waals surface area contributed by atoms with Gasteiger partial charge in [0.1, 0.15) is 17.1 Å². The molecule has 1 aliphatic heterocycles. The van der Waals surface area contributed by atoms with Crippen molar-refractivity contribution in [1.82, 2.24) is 20.1 Å². The normalized spacial score (nSPS) is 20.0. The van der Waals surface area contributed by atoms with Crippen LogP contribution in [0.1, 0.15) is 11.6 Å². The van der Waals surface area contributed by atoms with Gasteiger partial charge in [-0.3, -0.25) is 9.40 Å². The van der Waals surface area contributed by atoms with Crippen LogP contribution in [0, 0.1) is 11.3 Å². The molecule has 1 fully saturated rings. The van der Waals surface area contributed by atoms with Crippen molar-refractivity contribution in [2.24, 2.45) is 0 Å². The summed E-state index contributed by atoms with van der Waals surface area (Å²) in [6, 6.07) is 4.47. The summed E-state index contributed by atoms with van der Waals surface area (Å²) < 4.78 is 43.1. The van der Waals surface area contributed by atoms with Gasteiger partial charge >= 0.3 is 0 Å². The molecule has 140 valence electrons. The number of alkyl halides is 1. The molecule has 8 nitrogen and oxygen atoms in total. The molecule has 27 heavy (non-hydrogen) atoms. The van der Waals surface area contributed by atoms with Crippen molar-refractivity contribution in [3.63, 3.8) is 0 Å². The Morgan fingerprint density at radius 2 is 2.22 bits per heavy atom. The van der Waals surface area contributed by atoms with Gasteiger partial charge in [0, 0.05) is 30.9 Å². The maximum atomic E-state index is 13.8. The SMILES string of the molecule is N#Cc1c[nH]c2c(NS(=O)(=O)c3cnn([C@H]4CNC[C@H]4F)c3)ccc(Cl)c12. The molecule has 1 saturated heterocycles. The quantitative estimate of drug-likeness (QED) is 0.611. The highest BCUT2D eigenvalue weighted by Gasteiger charge is 2.30. The Morgan fingerprint density at radius 1 is 1.41 bits per heavy atom. The Balaban J connectivity index is 1.68. The Morgan fingerprint density at radius 3 is 2.93 bits per heavy atom. The van der Waals surface area contributed by atoms with Crippen molar-refractivity contribution < 1.29 is 12.8 Å². The molecule has 11 heteroatoms. The van der Waals surface area contributed by atoms with E-state index in [1.165, 1.54) is 35.4 Å². The minimum absolute atomic E-state index is 0.0863. The van der Waals surface area contributed by atoms with Gasteiger partial charge in [0.25, 0.3) is 10.0 Å². The second-order valence-corrected chi connectivity index (χ2v) is 8.25. The second-order valence-electron chi connectivity index (χ2n) is 6.16. The van der Waals surface area contributed by atoms with E-state index >= 15 is 0 Å². The Bertz CT molecular complexity index is 1170. The third kappa shape index (κ3) is 3.03. The predicted octanol–water partition coefficient (Wildman–Crippen LogP) is 2.17. The largest absolute Gasteiger partial charge is 0.358 e. The summed E-state index contributed by atoms with van der Waals surface area (Å²) in [5.74, 6) is 0. The highest BCUT2D eigenvalue weighted by molar-refractivity contribution is 7.92. The number of hydrogen-bond acceptors (Lipinski definition) is 5. The lowest BCUT2D eigenvalue weighted by molar-refractivity contribution is 0.269. The summed E-state index contributed by atoms with van der Waals surface area (Å²) in [5.41, 5.74) is 0.958. The average Bonchev–Trinajstić information content (AvgIpc) is 3.35. The van der Waals surface area contributed by atoms with Crippen LogP contribution in [0.4, 0.5) is 10.1 Å². The molecule has 3 aromatic rings. The van der Waals surface area contributed by atoms with Crippen molar-refractivity contribution in [1.29, 1.82) is 5.26 Å². The van der Waals surface area contributed by atoms with Crippen LogP contribution in [0.2, 0.25) is 5.02 Å². The fraction of sp³-hybridized carbons (Fsp3) is 0.250. The molecular formula is C16H14ClFN6O2S. The maximum absolute atomic E-state index is 13.8. The van der Waals surface area contributed by atoms with Gasteiger partial charge in [0.2, 0.25) is 0 Å². The zero-order valence-corrected chi connectivity index (χ0v) is 15.4. The monoisotopic (exact) mass is 408 g/mol. The van der Waals surface area contributed by atoms with Crippen molar-refractivity contribution in [2.75, 3.05) is 17.8 Å². The van der Waals surface area contributed by atoms with E-state index in [1.807, 2.05) is 6.07 Å². The summed E-state index contributed by atoms with van der Waals surface area (Å²) in [5, 5.41) is 16.8. The molecule has 0 radical (unpaired) electrons. The Hall–Kier alpha value is -2.61. The van der Waals surface area contributed by atoms with Gasteiger partial charge in [0.15, 0.2) is 0 Å². The summed E-state index contributed by atoms with van der Waals surface area (Å²) in [4.78, 5) is 2.78. The number of aromatic nitrogens is 3. The smallest absolute Gasteiger partial charge is 0.265 e. The topological polar surface area (TPSA) is 116 Å². The van der Waals surface area contributed by atoms with Gasteiger partial charge in [-0.15, -0.1) is 0 Å². The number of sulfonamides is 1. The van der Waals surface area contributed by atoms with E-state index in [1.54, 1.807) is 0 Å². The van der Waals surface area contributed by atoms with Crippen LogP contribution in [0.3, 0.4) is 0 Å². The molecule has 3 heterocycles. The van der Waals surface area contributed by atoms with Crippen molar-refractivity contribution >= 4 is 38.2 Å². The summed E-state index contributed by atoms with van der Waals surface area (Å²) in [6.45, 7) is 0.592.